The summed E-state index contributed by atoms with van der Waals surface area (Å²) >= 11 is 0. The van der Waals surface area contributed by atoms with Gasteiger partial charge in [-0.1, -0.05) is 12.8 Å². The predicted octanol–water partition coefficient (Wildman–Crippen LogP) is 0.740. The maximum absolute atomic E-state index is 3.61. The van der Waals surface area contributed by atoms with Crippen molar-refractivity contribution in [2.45, 2.75) is 25.7 Å². The fraction of sp³-hybridized carbons (Fsp3) is 1.00. The maximum atomic E-state index is 3.61. The van der Waals surface area contributed by atoms with Gasteiger partial charge in [-0.2, -0.15) is 0 Å². The van der Waals surface area contributed by atoms with Crippen molar-refractivity contribution < 1.29 is 0 Å². The molecule has 2 heterocycles. The number of hydrogen-bond donors (Lipinski definition) is 2. The summed E-state index contributed by atoms with van der Waals surface area (Å²) in [5.41, 5.74) is 1.32. The summed E-state index contributed by atoms with van der Waals surface area (Å²) in [6, 6.07) is 0. The molecule has 3 aliphatic rings. The Kier molecular flexibility index (Phi) is 1.37. The van der Waals surface area contributed by atoms with E-state index in [1.807, 2.05) is 0 Å². The lowest BCUT2D eigenvalue weighted by atomic mass is 9.60. The molecule has 3 fully saturated rings. The normalized spacial score (nSPS) is 52.0. The van der Waals surface area contributed by atoms with Gasteiger partial charge in [-0.25, -0.2) is 0 Å². The highest BCUT2D eigenvalue weighted by Gasteiger charge is 2.58. The Morgan fingerprint density at radius 2 is 1.08 bits per heavy atom. The van der Waals surface area contributed by atoms with Crippen LogP contribution in [0.3, 0.4) is 0 Å². The van der Waals surface area contributed by atoms with E-state index in [1.54, 1.807) is 0 Å². The van der Waals surface area contributed by atoms with Crippen molar-refractivity contribution in [1.82, 2.24) is 10.6 Å². The summed E-state index contributed by atoms with van der Waals surface area (Å²) in [7, 11) is 0. The molecule has 2 N–H and O–H groups in total. The lowest BCUT2D eigenvalue weighted by molar-refractivity contribution is 0.0945. The first-order chi connectivity index (χ1) is 5.87. The molecule has 1 saturated carbocycles. The minimum atomic E-state index is 0.658. The number of nitrogens with one attached hydrogen (secondary N) is 2. The summed E-state index contributed by atoms with van der Waals surface area (Å²) in [4.78, 5) is 0. The number of rotatable bonds is 0. The van der Waals surface area contributed by atoms with Crippen molar-refractivity contribution in [3.05, 3.63) is 0 Å². The van der Waals surface area contributed by atoms with Crippen molar-refractivity contribution in [1.29, 1.82) is 0 Å². The van der Waals surface area contributed by atoms with E-state index in [0.717, 1.165) is 0 Å². The summed E-state index contributed by atoms with van der Waals surface area (Å²) in [6.45, 7) is 5.11. The standard InChI is InChI=1S/C10H18N2/c1-2-4-10-7-11-5-9(10,3-1)6-12-8-10/h11-12H,1-8H2. The van der Waals surface area contributed by atoms with Crippen LogP contribution in [-0.4, -0.2) is 26.2 Å². The molecule has 0 aromatic rings. The van der Waals surface area contributed by atoms with Crippen LogP contribution in [0.5, 0.6) is 0 Å². The fourth-order valence-corrected chi connectivity index (χ4v) is 3.77. The van der Waals surface area contributed by atoms with Gasteiger partial charge in [-0.05, 0) is 12.8 Å². The van der Waals surface area contributed by atoms with Crippen LogP contribution in [0.1, 0.15) is 25.7 Å². The van der Waals surface area contributed by atoms with Crippen molar-refractivity contribution in [2.75, 3.05) is 26.2 Å². The van der Waals surface area contributed by atoms with E-state index < -0.39 is 0 Å². The van der Waals surface area contributed by atoms with Gasteiger partial charge in [0.25, 0.3) is 0 Å². The molecule has 0 atom stereocenters. The van der Waals surface area contributed by atoms with E-state index in [9.17, 15) is 0 Å². The Hall–Kier alpha value is -0.0800. The largest absolute Gasteiger partial charge is 0.315 e. The second-order valence-electron chi connectivity index (χ2n) is 4.97. The molecular formula is C10H18N2. The highest BCUT2D eigenvalue weighted by atomic mass is 15.1. The SMILES string of the molecule is C1CCC23CNCC2(C1)CNC3. The topological polar surface area (TPSA) is 24.1 Å². The monoisotopic (exact) mass is 166 g/mol. The van der Waals surface area contributed by atoms with Gasteiger partial charge in [-0.3, -0.25) is 0 Å². The van der Waals surface area contributed by atoms with Crippen LogP contribution >= 0.6 is 0 Å². The quantitative estimate of drug-likeness (QED) is 0.554. The average Bonchev–Trinajstić information content (AvgIpc) is 2.57. The molecule has 0 amide bonds. The van der Waals surface area contributed by atoms with Crippen molar-refractivity contribution in [3.8, 4) is 0 Å². The lowest BCUT2D eigenvalue weighted by Crippen LogP contribution is -2.42. The lowest BCUT2D eigenvalue weighted by Gasteiger charge is -2.42. The van der Waals surface area contributed by atoms with Crippen LogP contribution < -0.4 is 10.6 Å². The van der Waals surface area contributed by atoms with E-state index in [4.69, 9.17) is 0 Å². The predicted molar refractivity (Wildman–Crippen MR) is 49.1 cm³/mol. The Morgan fingerprint density at radius 1 is 0.667 bits per heavy atom. The van der Waals surface area contributed by atoms with Gasteiger partial charge < -0.3 is 10.6 Å². The van der Waals surface area contributed by atoms with Crippen LogP contribution in [0.4, 0.5) is 0 Å². The summed E-state index contributed by atoms with van der Waals surface area (Å²) in [5, 5.41) is 7.22. The Morgan fingerprint density at radius 3 is 1.50 bits per heavy atom. The third kappa shape index (κ3) is 0.686. The first-order valence-corrected chi connectivity index (χ1v) is 5.29. The molecule has 2 aliphatic heterocycles. The molecule has 0 unspecified atom stereocenters. The van der Waals surface area contributed by atoms with Gasteiger partial charge in [0.2, 0.25) is 0 Å². The van der Waals surface area contributed by atoms with Gasteiger partial charge in [0.1, 0.15) is 0 Å². The summed E-state index contributed by atoms with van der Waals surface area (Å²) in [5.74, 6) is 0. The molecule has 68 valence electrons. The Balaban J connectivity index is 2.00. The van der Waals surface area contributed by atoms with Crippen LogP contribution in [-0.2, 0) is 0 Å². The smallest absolute Gasteiger partial charge is 0.00331 e. The van der Waals surface area contributed by atoms with Crippen molar-refractivity contribution in [3.63, 3.8) is 0 Å². The van der Waals surface area contributed by atoms with E-state index in [1.165, 1.54) is 51.9 Å². The molecule has 2 saturated heterocycles. The molecule has 0 aromatic carbocycles. The van der Waals surface area contributed by atoms with Crippen LogP contribution in [0, 0.1) is 10.8 Å². The van der Waals surface area contributed by atoms with Gasteiger partial charge in [0.15, 0.2) is 0 Å². The third-order valence-electron chi connectivity index (χ3n) is 4.54. The molecule has 0 spiro atoms. The average molecular weight is 166 g/mol. The summed E-state index contributed by atoms with van der Waals surface area (Å²) < 4.78 is 0. The molecule has 1 aliphatic carbocycles. The molecule has 2 nitrogen and oxygen atoms in total. The van der Waals surface area contributed by atoms with Crippen LogP contribution in [0.25, 0.3) is 0 Å². The third-order valence-corrected chi connectivity index (χ3v) is 4.54. The molecule has 3 rings (SSSR count). The zero-order chi connectivity index (χ0) is 8.07. The molecule has 12 heavy (non-hydrogen) atoms. The van der Waals surface area contributed by atoms with Gasteiger partial charge in [0, 0.05) is 37.0 Å². The Bertz CT molecular complexity index is 170. The number of hydrogen-bond acceptors (Lipinski definition) is 2. The van der Waals surface area contributed by atoms with Gasteiger partial charge in [-0.15, -0.1) is 0 Å². The van der Waals surface area contributed by atoms with Gasteiger partial charge in [0.05, 0.1) is 0 Å². The maximum Gasteiger partial charge on any atom is 0.00331 e. The summed E-state index contributed by atoms with van der Waals surface area (Å²) in [6.07, 6.45) is 5.86. The van der Waals surface area contributed by atoms with Crippen molar-refractivity contribution in [2.24, 2.45) is 10.8 Å². The van der Waals surface area contributed by atoms with Gasteiger partial charge >= 0.3 is 0 Å². The van der Waals surface area contributed by atoms with E-state index in [0.29, 0.717) is 10.8 Å². The molecule has 2 heteroatoms. The Labute approximate surface area is 74.1 Å². The van der Waals surface area contributed by atoms with Crippen molar-refractivity contribution >= 4 is 0 Å². The molecule has 0 radical (unpaired) electrons. The van der Waals surface area contributed by atoms with Crippen LogP contribution in [0.2, 0.25) is 0 Å². The van der Waals surface area contributed by atoms with E-state index in [2.05, 4.69) is 10.6 Å². The second kappa shape index (κ2) is 2.24. The van der Waals surface area contributed by atoms with E-state index >= 15 is 0 Å². The molecular weight excluding hydrogens is 148 g/mol. The van der Waals surface area contributed by atoms with Crippen LogP contribution in [0.15, 0.2) is 0 Å². The first kappa shape index (κ1) is 7.34. The minimum Gasteiger partial charge on any atom is -0.315 e. The highest BCUT2D eigenvalue weighted by molar-refractivity contribution is 5.13. The second-order valence-corrected chi connectivity index (χ2v) is 4.97. The zero-order valence-electron chi connectivity index (χ0n) is 7.66. The molecule has 0 bridgehead atoms. The fourth-order valence-electron chi connectivity index (χ4n) is 3.77. The zero-order valence-corrected chi connectivity index (χ0v) is 7.66. The first-order valence-electron chi connectivity index (χ1n) is 5.29. The minimum absolute atomic E-state index is 0.658. The highest BCUT2D eigenvalue weighted by Crippen LogP contribution is 2.54. The molecule has 0 aromatic heterocycles. The van der Waals surface area contributed by atoms with E-state index in [-0.39, 0.29) is 0 Å².